The Morgan fingerprint density at radius 2 is 1.50 bits per heavy atom. The highest BCUT2D eigenvalue weighted by molar-refractivity contribution is 5.94. The molecule has 3 aromatic carbocycles. The molecule has 1 fully saturated rings. The van der Waals surface area contributed by atoms with E-state index in [1.807, 2.05) is 24.3 Å². The summed E-state index contributed by atoms with van der Waals surface area (Å²) in [5, 5.41) is 9.58. The molecule has 0 spiro atoms. The Morgan fingerprint density at radius 3 is 2.12 bits per heavy atom. The minimum atomic E-state index is 0.0950. The average Bonchev–Trinajstić information content (AvgIpc) is 2.80. The summed E-state index contributed by atoms with van der Waals surface area (Å²) in [5.74, 6) is 0.402. The minimum Gasteiger partial charge on any atom is -0.508 e. The van der Waals surface area contributed by atoms with Crippen molar-refractivity contribution in [3.8, 4) is 5.75 Å². The number of hydrogen-bond donors (Lipinski definition) is 1. The van der Waals surface area contributed by atoms with Crippen LogP contribution < -0.4 is 0 Å². The number of rotatable bonds is 6. The molecule has 3 aromatic rings. The van der Waals surface area contributed by atoms with Crippen LogP contribution >= 0.6 is 0 Å². The maximum atomic E-state index is 11.8. The zero-order valence-corrected chi connectivity index (χ0v) is 19.1. The van der Waals surface area contributed by atoms with Crippen LogP contribution in [0.1, 0.15) is 53.9 Å². The number of phenolic OH excluding ortho intramolecular Hbond substituents is 1. The van der Waals surface area contributed by atoms with Crippen LogP contribution in [-0.4, -0.2) is 45.9 Å². The van der Waals surface area contributed by atoms with E-state index in [0.29, 0.717) is 17.8 Å². The van der Waals surface area contributed by atoms with E-state index in [1.54, 1.807) is 19.1 Å². The molecule has 1 aliphatic rings. The van der Waals surface area contributed by atoms with Crippen molar-refractivity contribution in [3.63, 3.8) is 0 Å². The first-order valence-electron chi connectivity index (χ1n) is 11.4. The van der Waals surface area contributed by atoms with Crippen LogP contribution in [0, 0.1) is 0 Å². The van der Waals surface area contributed by atoms with Crippen molar-refractivity contribution in [1.29, 1.82) is 0 Å². The van der Waals surface area contributed by atoms with Crippen LogP contribution in [0.4, 0.5) is 0 Å². The van der Waals surface area contributed by atoms with Gasteiger partial charge >= 0.3 is 0 Å². The lowest BCUT2D eigenvalue weighted by atomic mass is 9.92. The number of carbonyl (C=O) groups excluding carboxylic acids is 1. The third-order valence-electron chi connectivity index (χ3n) is 6.57. The molecule has 0 amide bonds. The molecule has 4 nitrogen and oxygen atoms in total. The van der Waals surface area contributed by atoms with Gasteiger partial charge in [-0.25, -0.2) is 0 Å². The van der Waals surface area contributed by atoms with Gasteiger partial charge in [-0.15, -0.1) is 0 Å². The van der Waals surface area contributed by atoms with Crippen molar-refractivity contribution in [2.24, 2.45) is 0 Å². The summed E-state index contributed by atoms with van der Waals surface area (Å²) in [4.78, 5) is 16.9. The first-order valence-corrected chi connectivity index (χ1v) is 11.4. The standard InChI is InChI=1S/C28H32N2O2/c1-20-18-30(21(2)17-29(20)19-23-9-15-27(32)16-10-23)28(25-7-5-4-6-8-25)26-13-11-24(12-14-26)22(3)31/h4-16,20-21,28,32H,17-19H2,1-3H3/t20-,21+,28?/m1/s1. The third-order valence-corrected chi connectivity index (χ3v) is 6.57. The smallest absolute Gasteiger partial charge is 0.159 e. The van der Waals surface area contributed by atoms with E-state index in [4.69, 9.17) is 0 Å². The average molecular weight is 429 g/mol. The highest BCUT2D eigenvalue weighted by Crippen LogP contribution is 2.33. The summed E-state index contributed by atoms with van der Waals surface area (Å²) < 4.78 is 0. The van der Waals surface area contributed by atoms with Crippen molar-refractivity contribution in [2.45, 2.75) is 45.4 Å². The summed E-state index contributed by atoms with van der Waals surface area (Å²) in [6, 6.07) is 27.2. The van der Waals surface area contributed by atoms with Crippen molar-refractivity contribution in [2.75, 3.05) is 13.1 Å². The first-order chi connectivity index (χ1) is 15.4. The van der Waals surface area contributed by atoms with Crippen molar-refractivity contribution in [3.05, 3.63) is 101 Å². The molecule has 4 rings (SSSR count). The van der Waals surface area contributed by atoms with Gasteiger partial charge in [-0.2, -0.15) is 0 Å². The Kier molecular flexibility index (Phi) is 6.73. The van der Waals surface area contributed by atoms with Crippen molar-refractivity contribution in [1.82, 2.24) is 9.80 Å². The summed E-state index contributed by atoms with van der Waals surface area (Å²) in [5.41, 5.74) is 4.46. The normalized spacial score (nSPS) is 20.7. The number of phenols is 1. The second-order valence-electron chi connectivity index (χ2n) is 8.98. The highest BCUT2D eigenvalue weighted by atomic mass is 16.3. The summed E-state index contributed by atoms with van der Waals surface area (Å²) >= 11 is 0. The number of Topliss-reactive ketones (excluding diaryl/α,β-unsaturated/α-hetero) is 1. The molecular formula is C28H32N2O2. The molecule has 0 radical (unpaired) electrons. The van der Waals surface area contributed by atoms with Gasteiger partial charge in [0.15, 0.2) is 5.78 Å². The molecule has 0 saturated carbocycles. The van der Waals surface area contributed by atoms with E-state index in [0.717, 1.165) is 25.2 Å². The molecule has 1 aliphatic heterocycles. The van der Waals surface area contributed by atoms with E-state index in [2.05, 4.69) is 66.1 Å². The summed E-state index contributed by atoms with van der Waals surface area (Å²) in [6.45, 7) is 9.00. The number of piperazine rings is 1. The van der Waals surface area contributed by atoms with E-state index in [9.17, 15) is 9.90 Å². The fourth-order valence-corrected chi connectivity index (χ4v) is 4.75. The second kappa shape index (κ2) is 9.68. The zero-order valence-electron chi connectivity index (χ0n) is 19.1. The number of ketones is 1. The van der Waals surface area contributed by atoms with Gasteiger partial charge in [-0.05, 0) is 49.6 Å². The van der Waals surface area contributed by atoms with Crippen LogP contribution in [0.25, 0.3) is 0 Å². The molecule has 3 atom stereocenters. The van der Waals surface area contributed by atoms with Gasteiger partial charge in [0.2, 0.25) is 0 Å². The Labute approximate surface area is 191 Å². The molecular weight excluding hydrogens is 396 g/mol. The minimum absolute atomic E-state index is 0.0950. The molecule has 0 aliphatic carbocycles. The molecule has 1 saturated heterocycles. The van der Waals surface area contributed by atoms with Crippen LogP contribution in [-0.2, 0) is 6.54 Å². The highest BCUT2D eigenvalue weighted by Gasteiger charge is 2.34. The molecule has 32 heavy (non-hydrogen) atoms. The van der Waals surface area contributed by atoms with E-state index < -0.39 is 0 Å². The van der Waals surface area contributed by atoms with E-state index >= 15 is 0 Å². The molecule has 1 unspecified atom stereocenters. The summed E-state index contributed by atoms with van der Waals surface area (Å²) in [7, 11) is 0. The van der Waals surface area contributed by atoms with Gasteiger partial charge in [-0.3, -0.25) is 14.6 Å². The van der Waals surface area contributed by atoms with Gasteiger partial charge < -0.3 is 5.11 Å². The van der Waals surface area contributed by atoms with Crippen LogP contribution in [0.15, 0.2) is 78.9 Å². The number of benzene rings is 3. The molecule has 4 heteroatoms. The number of nitrogens with zero attached hydrogens (tertiary/aromatic N) is 2. The number of carbonyl (C=O) groups is 1. The molecule has 1 N–H and O–H groups in total. The lowest BCUT2D eigenvalue weighted by Gasteiger charge is -2.47. The Bertz CT molecular complexity index is 1030. The SMILES string of the molecule is CC(=O)c1ccc(C(c2ccccc2)N2C[C@@H](C)N(Cc3ccc(O)cc3)C[C@@H]2C)cc1. The van der Waals surface area contributed by atoms with E-state index in [1.165, 1.54) is 16.7 Å². The summed E-state index contributed by atoms with van der Waals surface area (Å²) in [6.07, 6.45) is 0. The lowest BCUT2D eigenvalue weighted by Crippen LogP contribution is -2.56. The number of hydrogen-bond acceptors (Lipinski definition) is 4. The maximum Gasteiger partial charge on any atom is 0.159 e. The first kappa shape index (κ1) is 22.3. The topological polar surface area (TPSA) is 43.8 Å². The zero-order chi connectivity index (χ0) is 22.7. The van der Waals surface area contributed by atoms with Gasteiger partial charge in [0, 0.05) is 37.3 Å². The van der Waals surface area contributed by atoms with Crippen molar-refractivity contribution >= 4 is 5.78 Å². The monoisotopic (exact) mass is 428 g/mol. The predicted molar refractivity (Wildman–Crippen MR) is 129 cm³/mol. The van der Waals surface area contributed by atoms with Gasteiger partial charge in [0.25, 0.3) is 0 Å². The molecule has 166 valence electrons. The van der Waals surface area contributed by atoms with Gasteiger partial charge in [0.1, 0.15) is 5.75 Å². The predicted octanol–water partition coefficient (Wildman–Crippen LogP) is 5.28. The molecule has 0 aromatic heterocycles. The number of aromatic hydroxyl groups is 1. The Hall–Kier alpha value is -2.95. The molecule has 1 heterocycles. The van der Waals surface area contributed by atoms with E-state index in [-0.39, 0.29) is 11.8 Å². The molecule has 0 bridgehead atoms. The second-order valence-corrected chi connectivity index (χ2v) is 8.98. The fraction of sp³-hybridized carbons (Fsp3) is 0.321. The van der Waals surface area contributed by atoms with Crippen molar-refractivity contribution < 1.29 is 9.90 Å². The van der Waals surface area contributed by atoms with Gasteiger partial charge in [0.05, 0.1) is 6.04 Å². The largest absolute Gasteiger partial charge is 0.508 e. The third kappa shape index (κ3) is 4.93. The Balaban J connectivity index is 1.59. The van der Waals surface area contributed by atoms with Crippen LogP contribution in [0.3, 0.4) is 0 Å². The van der Waals surface area contributed by atoms with Gasteiger partial charge in [-0.1, -0.05) is 66.7 Å². The quantitative estimate of drug-likeness (QED) is 0.543. The Morgan fingerprint density at radius 1 is 0.875 bits per heavy atom. The maximum absolute atomic E-state index is 11.8. The van der Waals surface area contributed by atoms with Crippen LogP contribution in [0.2, 0.25) is 0 Å². The lowest BCUT2D eigenvalue weighted by molar-refractivity contribution is 0.0195. The fourth-order valence-electron chi connectivity index (χ4n) is 4.75. The van der Waals surface area contributed by atoms with Crippen LogP contribution in [0.5, 0.6) is 5.75 Å².